The fraction of sp³-hybridized carbons (Fsp3) is 0.357. The Kier molecular flexibility index (Phi) is 7.93. The molecule has 36 heavy (non-hydrogen) atoms. The molecule has 3 aromatic rings. The van der Waals surface area contributed by atoms with Crippen LogP contribution in [0.15, 0.2) is 60.9 Å². The fourth-order valence-electron chi connectivity index (χ4n) is 4.42. The lowest BCUT2D eigenvalue weighted by Gasteiger charge is -2.33. The summed E-state index contributed by atoms with van der Waals surface area (Å²) in [6, 6.07) is 13.4. The van der Waals surface area contributed by atoms with Gasteiger partial charge < -0.3 is 15.1 Å². The number of aromatic nitrogens is 2. The van der Waals surface area contributed by atoms with E-state index in [1.807, 2.05) is 19.2 Å². The summed E-state index contributed by atoms with van der Waals surface area (Å²) >= 11 is 0. The number of carbonyl (C=O) groups is 2. The van der Waals surface area contributed by atoms with Crippen molar-refractivity contribution in [2.45, 2.75) is 32.7 Å². The van der Waals surface area contributed by atoms with Crippen molar-refractivity contribution in [2.75, 3.05) is 31.6 Å². The second-order valence-electron chi connectivity index (χ2n) is 9.66. The minimum atomic E-state index is -0.323. The number of carbonyl (C=O) groups excluding carboxylic acids is 2. The highest BCUT2D eigenvalue weighted by Gasteiger charge is 2.23. The number of halogens is 1. The van der Waals surface area contributed by atoms with Crippen molar-refractivity contribution in [2.24, 2.45) is 5.92 Å². The molecule has 1 aromatic carbocycles. The third-order valence-corrected chi connectivity index (χ3v) is 6.28. The first kappa shape index (κ1) is 25.3. The number of anilines is 1. The minimum Gasteiger partial charge on any atom is -0.356 e. The van der Waals surface area contributed by atoms with E-state index in [2.05, 4.69) is 34.0 Å². The maximum atomic E-state index is 13.5. The molecule has 0 aliphatic carbocycles. The van der Waals surface area contributed by atoms with Gasteiger partial charge in [-0.2, -0.15) is 0 Å². The van der Waals surface area contributed by atoms with Gasteiger partial charge in [0.05, 0.1) is 16.8 Å². The Morgan fingerprint density at radius 3 is 2.39 bits per heavy atom. The summed E-state index contributed by atoms with van der Waals surface area (Å²) in [6.45, 7) is 6.38. The number of piperidine rings is 1. The quantitative estimate of drug-likeness (QED) is 0.532. The number of hydrogen-bond donors (Lipinski definition) is 1. The molecule has 1 saturated heterocycles. The molecular weight excluding hydrogens is 457 g/mol. The van der Waals surface area contributed by atoms with Crippen LogP contribution in [0.4, 0.5) is 10.2 Å². The van der Waals surface area contributed by atoms with Gasteiger partial charge in [0.2, 0.25) is 0 Å². The highest BCUT2D eigenvalue weighted by atomic mass is 19.1. The van der Waals surface area contributed by atoms with Gasteiger partial charge in [-0.3, -0.25) is 14.6 Å². The second kappa shape index (κ2) is 11.3. The van der Waals surface area contributed by atoms with Crippen molar-refractivity contribution < 1.29 is 14.0 Å². The van der Waals surface area contributed by atoms with Gasteiger partial charge in [0.1, 0.15) is 11.6 Å². The Labute approximate surface area is 211 Å². The number of hydrogen-bond acceptors (Lipinski definition) is 5. The van der Waals surface area contributed by atoms with Crippen molar-refractivity contribution in [3.63, 3.8) is 0 Å². The van der Waals surface area contributed by atoms with Gasteiger partial charge in [-0.05, 0) is 55.2 Å². The van der Waals surface area contributed by atoms with Crippen LogP contribution in [-0.2, 0) is 0 Å². The van der Waals surface area contributed by atoms with Crippen LogP contribution in [0.2, 0.25) is 0 Å². The molecule has 0 saturated carbocycles. The third kappa shape index (κ3) is 6.24. The van der Waals surface area contributed by atoms with E-state index in [1.165, 1.54) is 18.3 Å². The summed E-state index contributed by atoms with van der Waals surface area (Å²) < 4.78 is 13.5. The Balaban J connectivity index is 1.28. The van der Waals surface area contributed by atoms with E-state index in [9.17, 15) is 14.0 Å². The molecule has 1 aliphatic rings. The van der Waals surface area contributed by atoms with Gasteiger partial charge in [-0.25, -0.2) is 9.37 Å². The average Bonchev–Trinajstić information content (AvgIpc) is 2.88. The molecule has 0 spiro atoms. The van der Waals surface area contributed by atoms with Gasteiger partial charge in [-0.15, -0.1) is 0 Å². The van der Waals surface area contributed by atoms with Crippen molar-refractivity contribution in [1.29, 1.82) is 0 Å². The molecule has 0 bridgehead atoms. The SMILES string of the molecule is CC(C)CN(C)C(=O)c1ccc(N2CCC(NC(=O)c3ccc(-c4cccc(F)c4)nc3)CC2)nc1. The summed E-state index contributed by atoms with van der Waals surface area (Å²) in [6.07, 6.45) is 4.75. The summed E-state index contributed by atoms with van der Waals surface area (Å²) in [5.41, 5.74) is 2.34. The largest absolute Gasteiger partial charge is 0.356 e. The van der Waals surface area contributed by atoms with Gasteiger partial charge >= 0.3 is 0 Å². The Morgan fingerprint density at radius 2 is 1.78 bits per heavy atom. The highest BCUT2D eigenvalue weighted by molar-refractivity contribution is 5.94. The molecule has 7 nitrogen and oxygen atoms in total. The van der Waals surface area contributed by atoms with E-state index in [1.54, 1.807) is 35.4 Å². The zero-order valence-electron chi connectivity index (χ0n) is 20.9. The van der Waals surface area contributed by atoms with Crippen LogP contribution in [0.3, 0.4) is 0 Å². The molecule has 4 rings (SSSR count). The Bertz CT molecular complexity index is 1190. The highest BCUT2D eigenvalue weighted by Crippen LogP contribution is 2.20. The van der Waals surface area contributed by atoms with Crippen molar-refractivity contribution in [1.82, 2.24) is 20.2 Å². The van der Waals surface area contributed by atoms with Crippen LogP contribution in [-0.4, -0.2) is 59.4 Å². The molecule has 1 fully saturated rings. The monoisotopic (exact) mass is 489 g/mol. The molecule has 0 radical (unpaired) electrons. The van der Waals surface area contributed by atoms with Gasteiger partial charge in [0, 0.05) is 50.7 Å². The lowest BCUT2D eigenvalue weighted by Crippen LogP contribution is -2.45. The smallest absolute Gasteiger partial charge is 0.255 e. The number of nitrogens with zero attached hydrogens (tertiary/aromatic N) is 4. The van der Waals surface area contributed by atoms with Crippen LogP contribution < -0.4 is 10.2 Å². The van der Waals surface area contributed by atoms with Crippen LogP contribution in [0, 0.1) is 11.7 Å². The van der Waals surface area contributed by atoms with Crippen LogP contribution in [0.1, 0.15) is 47.4 Å². The topological polar surface area (TPSA) is 78.4 Å². The third-order valence-electron chi connectivity index (χ3n) is 6.28. The first-order valence-corrected chi connectivity index (χ1v) is 12.3. The van der Waals surface area contributed by atoms with Crippen molar-refractivity contribution in [3.8, 4) is 11.3 Å². The van der Waals surface area contributed by atoms with Gasteiger partial charge in [0.25, 0.3) is 11.8 Å². The van der Waals surface area contributed by atoms with Crippen LogP contribution in [0.5, 0.6) is 0 Å². The summed E-state index contributed by atoms with van der Waals surface area (Å²) in [5, 5.41) is 3.09. The Morgan fingerprint density at radius 1 is 1.06 bits per heavy atom. The standard InChI is InChI=1S/C28H32FN5O2/c1-19(2)18-33(3)28(36)22-8-10-26(31-17-22)34-13-11-24(12-14-34)32-27(35)21-7-9-25(30-16-21)20-5-4-6-23(29)15-20/h4-10,15-17,19,24H,11-14,18H2,1-3H3,(H,32,35). The molecule has 2 amide bonds. The summed E-state index contributed by atoms with van der Waals surface area (Å²) in [4.78, 5) is 38.0. The number of pyridine rings is 2. The molecule has 1 N–H and O–H groups in total. The van der Waals surface area contributed by atoms with E-state index < -0.39 is 0 Å². The number of nitrogens with one attached hydrogen (secondary N) is 1. The minimum absolute atomic E-state index is 0.0253. The Hall–Kier alpha value is -3.81. The van der Waals surface area contributed by atoms with Gasteiger partial charge in [-0.1, -0.05) is 26.0 Å². The molecule has 0 atom stereocenters. The number of benzene rings is 1. The zero-order valence-corrected chi connectivity index (χ0v) is 20.9. The lowest BCUT2D eigenvalue weighted by molar-refractivity contribution is 0.0778. The van der Waals surface area contributed by atoms with E-state index >= 15 is 0 Å². The lowest BCUT2D eigenvalue weighted by atomic mass is 10.0. The molecular formula is C28H32FN5O2. The normalized spacial score (nSPS) is 14.1. The average molecular weight is 490 g/mol. The van der Waals surface area contributed by atoms with Crippen LogP contribution in [0.25, 0.3) is 11.3 Å². The maximum Gasteiger partial charge on any atom is 0.255 e. The first-order chi connectivity index (χ1) is 17.3. The summed E-state index contributed by atoms with van der Waals surface area (Å²) in [7, 11) is 1.81. The molecule has 3 heterocycles. The number of rotatable bonds is 7. The van der Waals surface area contributed by atoms with E-state index in [0.29, 0.717) is 34.8 Å². The van der Waals surface area contributed by atoms with Crippen molar-refractivity contribution >= 4 is 17.6 Å². The molecule has 188 valence electrons. The maximum absolute atomic E-state index is 13.5. The molecule has 1 aliphatic heterocycles. The zero-order chi connectivity index (χ0) is 25.7. The van der Waals surface area contributed by atoms with Crippen LogP contribution >= 0.6 is 0 Å². The molecule has 0 unspecified atom stereocenters. The van der Waals surface area contributed by atoms with E-state index in [4.69, 9.17) is 0 Å². The molecule has 2 aromatic heterocycles. The van der Waals surface area contributed by atoms with Gasteiger partial charge in [0.15, 0.2) is 0 Å². The second-order valence-corrected chi connectivity index (χ2v) is 9.66. The fourth-order valence-corrected chi connectivity index (χ4v) is 4.42. The number of amides is 2. The van der Waals surface area contributed by atoms with Crippen molar-refractivity contribution in [3.05, 3.63) is 77.9 Å². The van der Waals surface area contributed by atoms with E-state index in [-0.39, 0.29) is 23.7 Å². The molecule has 8 heteroatoms. The summed E-state index contributed by atoms with van der Waals surface area (Å²) in [5.74, 6) is 0.723. The first-order valence-electron chi connectivity index (χ1n) is 12.3. The van der Waals surface area contributed by atoms with E-state index in [0.717, 1.165) is 31.7 Å². The predicted molar refractivity (Wildman–Crippen MR) is 138 cm³/mol. The predicted octanol–water partition coefficient (Wildman–Crippen LogP) is 4.41.